The minimum atomic E-state index is 0. The normalized spacial score (nSPS) is 19.5. The third-order valence-electron chi connectivity index (χ3n) is 3.58. The molecule has 1 unspecified atom stereocenters. The minimum Gasteiger partial charge on any atom is -0.356 e. The summed E-state index contributed by atoms with van der Waals surface area (Å²) in [6.07, 6.45) is 1.08. The number of nitrogens with zero attached hydrogens (tertiary/aromatic N) is 2. The lowest BCUT2D eigenvalue weighted by Crippen LogP contribution is -2.49. The highest BCUT2D eigenvalue weighted by atomic mass is 127. The van der Waals surface area contributed by atoms with E-state index in [0.717, 1.165) is 43.2 Å². The highest BCUT2D eigenvalue weighted by Gasteiger charge is 2.24. The largest absolute Gasteiger partial charge is 0.356 e. The molecule has 1 atom stereocenters. The number of halogens is 1. The molecule has 0 amide bonds. The molecule has 1 fully saturated rings. The van der Waals surface area contributed by atoms with E-state index >= 15 is 0 Å². The van der Waals surface area contributed by atoms with Gasteiger partial charge in [0, 0.05) is 42.6 Å². The van der Waals surface area contributed by atoms with Crippen LogP contribution < -0.4 is 5.32 Å². The first kappa shape index (κ1) is 19.1. The van der Waals surface area contributed by atoms with Gasteiger partial charge < -0.3 is 10.2 Å². The molecule has 0 aliphatic carbocycles. The van der Waals surface area contributed by atoms with Gasteiger partial charge in [-0.2, -0.15) is 11.8 Å². The summed E-state index contributed by atoms with van der Waals surface area (Å²) in [4.78, 5) is 8.29. The number of thiophene rings is 1. The van der Waals surface area contributed by atoms with Crippen LogP contribution in [0.3, 0.4) is 0 Å². The van der Waals surface area contributed by atoms with Crippen LogP contribution in [-0.2, 0) is 6.42 Å². The van der Waals surface area contributed by atoms with Crippen LogP contribution in [-0.4, -0.2) is 48.5 Å². The molecule has 0 aromatic carbocycles. The Bertz CT molecular complexity index is 421. The van der Waals surface area contributed by atoms with Gasteiger partial charge in [-0.25, -0.2) is 0 Å². The Balaban J connectivity index is 0.00000220. The molecule has 1 aliphatic rings. The SMILES string of the molecule is CN=C(NCCc1cccs1)N1CCSC(C(C)C)C1.I. The summed E-state index contributed by atoms with van der Waals surface area (Å²) in [5.41, 5.74) is 0. The predicted molar refractivity (Wildman–Crippen MR) is 107 cm³/mol. The van der Waals surface area contributed by atoms with E-state index in [2.05, 4.69) is 58.3 Å². The average Bonchev–Trinajstić information content (AvgIpc) is 2.97. The maximum atomic E-state index is 4.45. The molecule has 21 heavy (non-hydrogen) atoms. The first-order valence-corrected chi connectivity index (χ1v) is 9.23. The Morgan fingerprint density at radius 3 is 2.95 bits per heavy atom. The van der Waals surface area contributed by atoms with Gasteiger partial charge in [-0.1, -0.05) is 19.9 Å². The van der Waals surface area contributed by atoms with Crippen LogP contribution in [0.5, 0.6) is 0 Å². The zero-order valence-corrected chi connectivity index (χ0v) is 17.0. The first-order valence-electron chi connectivity index (χ1n) is 7.30. The molecule has 1 saturated heterocycles. The van der Waals surface area contributed by atoms with E-state index in [-0.39, 0.29) is 24.0 Å². The molecular weight excluding hydrogens is 413 g/mol. The number of aliphatic imine (C=N–C) groups is 1. The maximum Gasteiger partial charge on any atom is 0.193 e. The molecule has 1 N–H and O–H groups in total. The van der Waals surface area contributed by atoms with Crippen molar-refractivity contribution in [3.8, 4) is 0 Å². The topological polar surface area (TPSA) is 27.6 Å². The van der Waals surface area contributed by atoms with Gasteiger partial charge in [0.15, 0.2) is 5.96 Å². The zero-order valence-electron chi connectivity index (χ0n) is 13.0. The molecule has 3 nitrogen and oxygen atoms in total. The summed E-state index contributed by atoms with van der Waals surface area (Å²) >= 11 is 3.93. The van der Waals surface area contributed by atoms with Crippen LogP contribution in [0.1, 0.15) is 18.7 Å². The molecule has 2 rings (SSSR count). The molecule has 6 heteroatoms. The van der Waals surface area contributed by atoms with Gasteiger partial charge >= 0.3 is 0 Å². The van der Waals surface area contributed by atoms with Crippen LogP contribution >= 0.6 is 47.1 Å². The molecule has 0 bridgehead atoms. The number of guanidine groups is 1. The molecule has 1 aliphatic heterocycles. The first-order chi connectivity index (χ1) is 9.70. The highest BCUT2D eigenvalue weighted by molar-refractivity contribution is 14.0. The van der Waals surface area contributed by atoms with Crippen LogP contribution in [0.25, 0.3) is 0 Å². The third-order valence-corrected chi connectivity index (χ3v) is 6.06. The lowest BCUT2D eigenvalue weighted by atomic mass is 10.1. The average molecular weight is 439 g/mol. The van der Waals surface area contributed by atoms with Gasteiger partial charge in [-0.05, 0) is 23.8 Å². The quantitative estimate of drug-likeness (QED) is 0.442. The van der Waals surface area contributed by atoms with Gasteiger partial charge in [0.2, 0.25) is 0 Å². The number of thioether (sulfide) groups is 1. The summed E-state index contributed by atoms with van der Waals surface area (Å²) in [6.45, 7) is 7.80. The number of hydrogen-bond donors (Lipinski definition) is 1. The Morgan fingerprint density at radius 1 is 1.52 bits per heavy atom. The van der Waals surface area contributed by atoms with Gasteiger partial charge in [-0.3, -0.25) is 4.99 Å². The lowest BCUT2D eigenvalue weighted by molar-refractivity contribution is 0.381. The fourth-order valence-corrected chi connectivity index (χ4v) is 4.36. The van der Waals surface area contributed by atoms with E-state index in [9.17, 15) is 0 Å². The second-order valence-electron chi connectivity index (χ2n) is 5.40. The minimum absolute atomic E-state index is 0. The van der Waals surface area contributed by atoms with Gasteiger partial charge in [-0.15, -0.1) is 35.3 Å². The number of hydrogen-bond acceptors (Lipinski definition) is 3. The molecule has 120 valence electrons. The molecule has 0 saturated carbocycles. The summed E-state index contributed by atoms with van der Waals surface area (Å²) < 4.78 is 0. The van der Waals surface area contributed by atoms with E-state index in [1.165, 1.54) is 10.6 Å². The molecule has 0 radical (unpaired) electrons. The summed E-state index contributed by atoms with van der Waals surface area (Å²) in [5, 5.41) is 6.37. The Hall–Kier alpha value is 0.0500. The van der Waals surface area contributed by atoms with Crippen LogP contribution in [0, 0.1) is 5.92 Å². The van der Waals surface area contributed by atoms with Gasteiger partial charge in [0.05, 0.1) is 0 Å². The van der Waals surface area contributed by atoms with E-state index < -0.39 is 0 Å². The van der Waals surface area contributed by atoms with Crippen LogP contribution in [0.4, 0.5) is 0 Å². The van der Waals surface area contributed by atoms with Crippen molar-refractivity contribution in [2.24, 2.45) is 10.9 Å². The molecule has 0 spiro atoms. The highest BCUT2D eigenvalue weighted by Crippen LogP contribution is 2.24. The monoisotopic (exact) mass is 439 g/mol. The van der Waals surface area contributed by atoms with Crippen molar-refractivity contribution < 1.29 is 0 Å². The van der Waals surface area contributed by atoms with E-state index in [4.69, 9.17) is 0 Å². The summed E-state index contributed by atoms with van der Waals surface area (Å²) in [5.74, 6) is 2.99. The third kappa shape index (κ3) is 5.98. The second-order valence-corrected chi connectivity index (χ2v) is 7.78. The fourth-order valence-electron chi connectivity index (χ4n) is 2.36. The van der Waals surface area contributed by atoms with Crippen LogP contribution in [0.2, 0.25) is 0 Å². The smallest absolute Gasteiger partial charge is 0.193 e. The lowest BCUT2D eigenvalue weighted by Gasteiger charge is -2.36. The Morgan fingerprint density at radius 2 is 2.33 bits per heavy atom. The molecular formula is C15H26IN3S2. The Labute approximate surface area is 154 Å². The standard InChI is InChI=1S/C15H25N3S2.HI/c1-12(2)14-11-18(8-10-20-14)15(16-3)17-7-6-13-5-4-9-19-13;/h4-5,9,12,14H,6-8,10-11H2,1-3H3,(H,16,17);1H. The molecule has 1 aromatic heterocycles. The number of nitrogens with one attached hydrogen (secondary N) is 1. The van der Waals surface area contributed by atoms with Gasteiger partial charge in [0.25, 0.3) is 0 Å². The van der Waals surface area contributed by atoms with Crippen molar-refractivity contribution in [1.29, 1.82) is 0 Å². The van der Waals surface area contributed by atoms with Crippen molar-refractivity contribution in [1.82, 2.24) is 10.2 Å². The summed E-state index contributed by atoms with van der Waals surface area (Å²) in [6, 6.07) is 4.31. The van der Waals surface area contributed by atoms with Crippen molar-refractivity contribution in [3.63, 3.8) is 0 Å². The van der Waals surface area contributed by atoms with E-state index in [0.29, 0.717) is 0 Å². The van der Waals surface area contributed by atoms with Gasteiger partial charge in [0.1, 0.15) is 0 Å². The van der Waals surface area contributed by atoms with E-state index in [1.54, 1.807) is 0 Å². The maximum absolute atomic E-state index is 4.45. The molecule has 2 heterocycles. The molecule has 1 aromatic rings. The second kappa shape index (κ2) is 9.94. The fraction of sp³-hybridized carbons (Fsp3) is 0.667. The number of rotatable bonds is 4. The van der Waals surface area contributed by atoms with Crippen molar-refractivity contribution in [2.45, 2.75) is 25.5 Å². The van der Waals surface area contributed by atoms with Crippen molar-refractivity contribution in [3.05, 3.63) is 22.4 Å². The summed E-state index contributed by atoms with van der Waals surface area (Å²) in [7, 11) is 1.89. The van der Waals surface area contributed by atoms with Crippen molar-refractivity contribution >= 4 is 53.0 Å². The van der Waals surface area contributed by atoms with E-state index in [1.807, 2.05) is 18.4 Å². The zero-order chi connectivity index (χ0) is 14.4. The predicted octanol–water partition coefficient (Wildman–Crippen LogP) is 3.56. The van der Waals surface area contributed by atoms with Crippen molar-refractivity contribution in [2.75, 3.05) is 32.4 Å². The Kier molecular flexibility index (Phi) is 9.04. The van der Waals surface area contributed by atoms with Crippen LogP contribution in [0.15, 0.2) is 22.5 Å².